The zero-order valence-corrected chi connectivity index (χ0v) is 16.0. The topological polar surface area (TPSA) is 59.0 Å². The average Bonchev–Trinajstić information content (AvgIpc) is 2.96. The van der Waals surface area contributed by atoms with Crippen molar-refractivity contribution in [3.05, 3.63) is 35.9 Å². The van der Waals surface area contributed by atoms with Crippen LogP contribution in [0.1, 0.15) is 30.4 Å². The van der Waals surface area contributed by atoms with E-state index in [0.717, 1.165) is 31.5 Å². The Kier molecular flexibility index (Phi) is 3.35. The quantitative estimate of drug-likeness (QED) is 0.563. The van der Waals surface area contributed by atoms with Crippen LogP contribution in [0.15, 0.2) is 24.8 Å². The van der Waals surface area contributed by atoms with E-state index in [4.69, 9.17) is 7.80 Å². The first-order chi connectivity index (χ1) is 12.1. The number of ether oxygens (including phenoxy) is 1. The smallest absolute Gasteiger partial charge is 0.192 e. The lowest BCUT2D eigenvalue weighted by Gasteiger charge is -2.62. The van der Waals surface area contributed by atoms with Crippen molar-refractivity contribution in [2.75, 3.05) is 13.1 Å². The van der Waals surface area contributed by atoms with Crippen LogP contribution in [-0.2, 0) is 16.6 Å². The lowest BCUT2D eigenvalue weighted by Crippen LogP contribution is -2.76. The molecule has 1 spiro atoms. The molecule has 2 aliphatic heterocycles. The van der Waals surface area contributed by atoms with Crippen LogP contribution in [0.4, 0.5) is 0 Å². The van der Waals surface area contributed by atoms with Crippen molar-refractivity contribution >= 4 is 28.8 Å². The molecule has 2 heterocycles. The van der Waals surface area contributed by atoms with Gasteiger partial charge >= 0.3 is 0 Å². The molecular formula is C19H20INO4. The molecule has 2 bridgehead atoms. The highest BCUT2D eigenvalue weighted by Gasteiger charge is 2.73. The Hall–Kier alpha value is -1.12. The summed E-state index contributed by atoms with van der Waals surface area (Å²) in [5.41, 5.74) is 0.609. The fraction of sp³-hybridized carbons (Fsp3) is 0.526. The molecule has 4 atom stereocenters. The Bertz CT molecular complexity index is 796. The molecule has 5 nitrogen and oxygen atoms in total. The summed E-state index contributed by atoms with van der Waals surface area (Å²) in [5, 5.41) is 11.9. The molecular weight excluding hydrogens is 433 g/mol. The molecule has 1 saturated heterocycles. The van der Waals surface area contributed by atoms with E-state index in [1.807, 2.05) is 35.1 Å². The van der Waals surface area contributed by atoms with E-state index < -0.39 is 17.1 Å². The second-order valence-electron chi connectivity index (χ2n) is 7.62. The van der Waals surface area contributed by atoms with Crippen molar-refractivity contribution < 1.29 is 17.7 Å². The predicted octanol–water partition coefficient (Wildman–Crippen LogP) is 2.32. The molecule has 2 aliphatic carbocycles. The number of likely N-dealkylation sites (tertiary alicyclic amines) is 1. The number of benzene rings is 1. The molecule has 132 valence electrons. The van der Waals surface area contributed by atoms with Crippen molar-refractivity contribution in [2.45, 2.75) is 48.8 Å². The van der Waals surface area contributed by atoms with E-state index in [-0.39, 0.29) is 11.8 Å². The van der Waals surface area contributed by atoms with Gasteiger partial charge in [-0.05, 0) is 30.9 Å². The van der Waals surface area contributed by atoms with E-state index in [1.165, 1.54) is 5.56 Å². The summed E-state index contributed by atoms with van der Waals surface area (Å²) >= 11 is 1.85. The van der Waals surface area contributed by atoms with Crippen LogP contribution in [-0.4, -0.2) is 46.6 Å². The zero-order chi connectivity index (χ0) is 17.4. The molecule has 2 fully saturated rings. The van der Waals surface area contributed by atoms with Crippen molar-refractivity contribution in [1.82, 2.24) is 4.90 Å². The Morgan fingerprint density at radius 2 is 2.32 bits per heavy atom. The molecule has 1 aromatic rings. The number of halogens is 1. The number of nitrogens with zero attached hydrogens (tertiary/aromatic N) is 1. The number of Topliss-reactive ketones (excluding diaryl/α,β-unsaturated/α-hetero) is 1. The number of ketones is 1. The van der Waals surface area contributed by atoms with Crippen LogP contribution < -0.4 is 7.80 Å². The maximum Gasteiger partial charge on any atom is 0.192 e. The molecule has 1 saturated carbocycles. The molecule has 0 radical (unpaired) electrons. The number of carbonyl (C=O) groups is 1. The summed E-state index contributed by atoms with van der Waals surface area (Å²) in [6, 6.07) is 3.98. The maximum absolute atomic E-state index is 12.8. The average molecular weight is 453 g/mol. The van der Waals surface area contributed by atoms with E-state index >= 15 is 0 Å². The molecule has 5 rings (SSSR count). The minimum atomic E-state index is -0.949. The molecule has 1 N–H and O–H groups in total. The Morgan fingerprint density at radius 1 is 1.48 bits per heavy atom. The predicted molar refractivity (Wildman–Crippen MR) is 100 cm³/mol. The highest BCUT2D eigenvalue weighted by molar-refractivity contribution is 14.1. The second kappa shape index (κ2) is 5.20. The summed E-state index contributed by atoms with van der Waals surface area (Å²) in [6.45, 7) is 5.45. The fourth-order valence-electron chi connectivity index (χ4n) is 5.85. The van der Waals surface area contributed by atoms with Crippen LogP contribution in [0, 0.1) is 0 Å². The van der Waals surface area contributed by atoms with E-state index in [9.17, 15) is 9.90 Å². The third kappa shape index (κ3) is 1.73. The van der Waals surface area contributed by atoms with Gasteiger partial charge in [-0.3, -0.25) is 9.69 Å². The lowest BCUT2D eigenvalue weighted by molar-refractivity contribution is -0.187. The van der Waals surface area contributed by atoms with E-state index in [2.05, 4.69) is 17.5 Å². The standard InChI is InChI=1S/C19H20INO4/c1-2-8-21-9-7-18-15-11-3-4-13(25-20)16(15)24-17(18)12(22)5-6-19(18,23)14(21)10-11/h2-4,14,17,23H,1,5-10H2/t14?,17-,18-,19+/m0/s1. The fourth-order valence-corrected chi connectivity index (χ4v) is 6.19. The minimum absolute atomic E-state index is 0.0109. The van der Waals surface area contributed by atoms with Crippen molar-refractivity contribution in [1.29, 1.82) is 0 Å². The van der Waals surface area contributed by atoms with Gasteiger partial charge in [0.05, 0.1) is 11.0 Å². The third-order valence-electron chi connectivity index (χ3n) is 6.80. The molecule has 4 aliphatic rings. The van der Waals surface area contributed by atoms with Gasteiger partial charge in [0, 0.05) is 31.1 Å². The van der Waals surface area contributed by atoms with Gasteiger partial charge in [0.15, 0.2) is 46.4 Å². The number of carbonyl (C=O) groups excluding carboxylic acids is 1. The molecule has 1 aromatic carbocycles. The number of piperidine rings is 1. The minimum Gasteiger partial charge on any atom is -0.477 e. The maximum atomic E-state index is 12.8. The normalized spacial score (nSPS) is 38.1. The van der Waals surface area contributed by atoms with Crippen molar-refractivity contribution in [3.8, 4) is 11.5 Å². The summed E-state index contributed by atoms with van der Waals surface area (Å²) < 4.78 is 11.7. The second-order valence-corrected chi connectivity index (χ2v) is 8.06. The Morgan fingerprint density at radius 3 is 3.08 bits per heavy atom. The first-order valence-electron chi connectivity index (χ1n) is 8.78. The molecule has 25 heavy (non-hydrogen) atoms. The van der Waals surface area contributed by atoms with Gasteiger partial charge in [0.2, 0.25) is 0 Å². The van der Waals surface area contributed by atoms with Crippen molar-refractivity contribution in [2.24, 2.45) is 0 Å². The van der Waals surface area contributed by atoms with Gasteiger partial charge in [0.25, 0.3) is 0 Å². The van der Waals surface area contributed by atoms with Gasteiger partial charge in [-0.1, -0.05) is 12.1 Å². The summed E-state index contributed by atoms with van der Waals surface area (Å²) in [4.78, 5) is 15.1. The van der Waals surface area contributed by atoms with Gasteiger partial charge in [-0.25, -0.2) is 0 Å². The molecule has 6 heteroatoms. The molecule has 0 aromatic heterocycles. The zero-order valence-electron chi connectivity index (χ0n) is 13.8. The van der Waals surface area contributed by atoms with Gasteiger partial charge < -0.3 is 12.9 Å². The van der Waals surface area contributed by atoms with Crippen LogP contribution in [0.5, 0.6) is 11.5 Å². The van der Waals surface area contributed by atoms with Crippen LogP contribution in [0.2, 0.25) is 0 Å². The highest BCUT2D eigenvalue weighted by atomic mass is 127. The van der Waals surface area contributed by atoms with Gasteiger partial charge in [-0.15, -0.1) is 6.58 Å². The lowest BCUT2D eigenvalue weighted by atomic mass is 9.49. The largest absolute Gasteiger partial charge is 0.477 e. The Balaban J connectivity index is 1.79. The highest BCUT2D eigenvalue weighted by Crippen LogP contribution is 2.64. The number of hydrogen-bond donors (Lipinski definition) is 1. The SMILES string of the molecule is C=CCN1CC[C@]23c4c5ccc(OI)c4O[C@H]2C(=O)CC[C@@]3(O)C1C5. The van der Waals surface area contributed by atoms with Crippen LogP contribution in [0.3, 0.4) is 0 Å². The van der Waals surface area contributed by atoms with Gasteiger partial charge in [-0.2, -0.15) is 0 Å². The van der Waals surface area contributed by atoms with E-state index in [0.29, 0.717) is 24.3 Å². The third-order valence-corrected chi connectivity index (χ3v) is 7.27. The number of hydrogen-bond acceptors (Lipinski definition) is 5. The molecule has 0 amide bonds. The Labute approximate surface area is 160 Å². The van der Waals surface area contributed by atoms with Gasteiger partial charge in [0.1, 0.15) is 0 Å². The van der Waals surface area contributed by atoms with Crippen LogP contribution in [0.25, 0.3) is 0 Å². The summed E-state index contributed by atoms with van der Waals surface area (Å²) in [5.74, 6) is 1.41. The molecule has 1 unspecified atom stereocenters. The summed E-state index contributed by atoms with van der Waals surface area (Å²) in [7, 11) is 0. The van der Waals surface area contributed by atoms with Crippen molar-refractivity contribution in [3.63, 3.8) is 0 Å². The summed E-state index contributed by atoms with van der Waals surface area (Å²) in [6.07, 6.45) is 3.64. The number of rotatable bonds is 3. The first kappa shape index (κ1) is 16.1. The monoisotopic (exact) mass is 453 g/mol. The van der Waals surface area contributed by atoms with E-state index in [1.54, 1.807) is 0 Å². The first-order valence-corrected chi connectivity index (χ1v) is 9.66. The number of aliphatic hydroxyl groups is 1. The van der Waals surface area contributed by atoms with Crippen LogP contribution >= 0.6 is 23.0 Å².